The molecule has 4 nitrogen and oxygen atoms in total. The molecule has 122 valence electrons. The average Bonchev–Trinajstić information content (AvgIpc) is 2.54. The lowest BCUT2D eigenvalue weighted by Gasteiger charge is -2.24. The van der Waals surface area contributed by atoms with E-state index in [9.17, 15) is 4.79 Å². The number of nitrogens with one attached hydrogen (secondary N) is 1. The van der Waals surface area contributed by atoms with E-state index in [-0.39, 0.29) is 5.91 Å². The average molecular weight is 304 g/mol. The van der Waals surface area contributed by atoms with Crippen molar-refractivity contribution in [2.24, 2.45) is 11.7 Å². The zero-order chi connectivity index (χ0) is 15.8. The predicted molar refractivity (Wildman–Crippen MR) is 88.6 cm³/mol. The summed E-state index contributed by atoms with van der Waals surface area (Å²) in [4.78, 5) is 12.1. The fraction of sp³-hybridized carbons (Fsp3) is 0.611. The SMILES string of the molecule is CCOc1cccc(CNC(=O)C(N)CC2CCCCC2)c1. The normalized spacial score (nSPS) is 17.0. The van der Waals surface area contributed by atoms with E-state index in [0.29, 0.717) is 19.1 Å². The molecule has 0 aliphatic heterocycles. The second kappa shape index (κ2) is 8.79. The van der Waals surface area contributed by atoms with E-state index in [1.807, 2.05) is 31.2 Å². The fourth-order valence-corrected chi connectivity index (χ4v) is 3.12. The Morgan fingerprint density at radius 2 is 2.14 bits per heavy atom. The molecule has 0 aromatic heterocycles. The second-order valence-electron chi connectivity index (χ2n) is 6.14. The first-order valence-corrected chi connectivity index (χ1v) is 8.44. The lowest BCUT2D eigenvalue weighted by atomic mass is 9.85. The third kappa shape index (κ3) is 5.34. The van der Waals surface area contributed by atoms with E-state index in [1.165, 1.54) is 32.1 Å². The Morgan fingerprint density at radius 3 is 2.86 bits per heavy atom. The van der Waals surface area contributed by atoms with Crippen molar-refractivity contribution in [1.82, 2.24) is 5.32 Å². The Bertz CT molecular complexity index is 470. The Hall–Kier alpha value is -1.55. The predicted octanol–water partition coefficient (Wildman–Crippen LogP) is 3.00. The Balaban J connectivity index is 1.77. The van der Waals surface area contributed by atoms with E-state index in [1.54, 1.807) is 0 Å². The number of rotatable bonds is 7. The van der Waals surface area contributed by atoms with Gasteiger partial charge < -0.3 is 15.8 Å². The third-order valence-corrected chi connectivity index (χ3v) is 4.32. The van der Waals surface area contributed by atoms with Crippen LogP contribution in [-0.2, 0) is 11.3 Å². The molecule has 3 N–H and O–H groups in total. The number of hydrogen-bond donors (Lipinski definition) is 2. The van der Waals surface area contributed by atoms with Crippen molar-refractivity contribution in [3.63, 3.8) is 0 Å². The van der Waals surface area contributed by atoms with Crippen LogP contribution in [0, 0.1) is 5.92 Å². The first-order valence-electron chi connectivity index (χ1n) is 8.44. The monoisotopic (exact) mass is 304 g/mol. The van der Waals surface area contributed by atoms with Crippen molar-refractivity contribution in [3.8, 4) is 5.75 Å². The smallest absolute Gasteiger partial charge is 0.237 e. The number of ether oxygens (including phenoxy) is 1. The number of amides is 1. The maximum atomic E-state index is 12.1. The summed E-state index contributed by atoms with van der Waals surface area (Å²) in [5.41, 5.74) is 7.08. The van der Waals surface area contributed by atoms with Gasteiger partial charge in [-0.1, -0.05) is 44.2 Å². The van der Waals surface area contributed by atoms with Gasteiger partial charge in [-0.05, 0) is 37.0 Å². The van der Waals surface area contributed by atoms with Crippen LogP contribution in [0.5, 0.6) is 5.75 Å². The lowest BCUT2D eigenvalue weighted by Crippen LogP contribution is -2.41. The highest BCUT2D eigenvalue weighted by Crippen LogP contribution is 2.26. The Labute approximate surface area is 133 Å². The molecule has 1 atom stereocenters. The zero-order valence-corrected chi connectivity index (χ0v) is 13.5. The van der Waals surface area contributed by atoms with Crippen LogP contribution in [0.3, 0.4) is 0 Å². The van der Waals surface area contributed by atoms with Gasteiger partial charge in [0.25, 0.3) is 0 Å². The minimum absolute atomic E-state index is 0.0487. The van der Waals surface area contributed by atoms with E-state index < -0.39 is 6.04 Å². The molecule has 2 rings (SSSR count). The number of carbonyl (C=O) groups is 1. The largest absolute Gasteiger partial charge is 0.494 e. The van der Waals surface area contributed by atoms with Crippen LogP contribution in [0.15, 0.2) is 24.3 Å². The van der Waals surface area contributed by atoms with Gasteiger partial charge in [0.2, 0.25) is 5.91 Å². The first kappa shape index (κ1) is 16.8. The Morgan fingerprint density at radius 1 is 1.36 bits per heavy atom. The van der Waals surface area contributed by atoms with Crippen LogP contribution in [-0.4, -0.2) is 18.6 Å². The molecule has 1 unspecified atom stereocenters. The molecule has 1 amide bonds. The van der Waals surface area contributed by atoms with Crippen molar-refractivity contribution in [3.05, 3.63) is 29.8 Å². The van der Waals surface area contributed by atoms with Gasteiger partial charge in [0, 0.05) is 6.54 Å². The fourth-order valence-electron chi connectivity index (χ4n) is 3.12. The molecule has 1 saturated carbocycles. The summed E-state index contributed by atoms with van der Waals surface area (Å²) in [6.07, 6.45) is 7.14. The maximum Gasteiger partial charge on any atom is 0.237 e. The zero-order valence-electron chi connectivity index (χ0n) is 13.5. The van der Waals surface area contributed by atoms with E-state index in [4.69, 9.17) is 10.5 Å². The summed E-state index contributed by atoms with van der Waals surface area (Å²) < 4.78 is 5.46. The molecule has 0 saturated heterocycles. The molecular weight excluding hydrogens is 276 g/mol. The van der Waals surface area contributed by atoms with E-state index in [2.05, 4.69) is 5.32 Å². The van der Waals surface area contributed by atoms with Crippen LogP contribution >= 0.6 is 0 Å². The highest BCUT2D eigenvalue weighted by Gasteiger charge is 2.21. The van der Waals surface area contributed by atoms with Gasteiger partial charge in [-0.15, -0.1) is 0 Å². The summed E-state index contributed by atoms with van der Waals surface area (Å²) in [5, 5.41) is 2.94. The van der Waals surface area contributed by atoms with Crippen molar-refractivity contribution in [2.75, 3.05) is 6.61 Å². The first-order chi connectivity index (χ1) is 10.7. The Kier molecular flexibility index (Phi) is 6.72. The van der Waals surface area contributed by atoms with Gasteiger partial charge in [-0.25, -0.2) is 0 Å². The van der Waals surface area contributed by atoms with Crippen molar-refractivity contribution < 1.29 is 9.53 Å². The molecule has 1 aliphatic rings. The molecular formula is C18H28N2O2. The standard InChI is InChI=1S/C18H28N2O2/c1-2-22-16-10-6-9-15(11-16)13-20-18(21)17(19)12-14-7-4-3-5-8-14/h6,9-11,14,17H,2-5,7-8,12-13,19H2,1H3,(H,20,21). The second-order valence-corrected chi connectivity index (χ2v) is 6.14. The van der Waals surface area contributed by atoms with Gasteiger partial charge in [-0.2, -0.15) is 0 Å². The number of nitrogens with two attached hydrogens (primary N) is 1. The summed E-state index contributed by atoms with van der Waals surface area (Å²) >= 11 is 0. The van der Waals surface area contributed by atoms with Crippen LogP contribution in [0.2, 0.25) is 0 Å². The summed E-state index contributed by atoms with van der Waals surface area (Å²) in [5.74, 6) is 1.41. The topological polar surface area (TPSA) is 64.3 Å². The quantitative estimate of drug-likeness (QED) is 0.814. The van der Waals surface area contributed by atoms with Gasteiger partial charge >= 0.3 is 0 Å². The van der Waals surface area contributed by atoms with Gasteiger partial charge in [-0.3, -0.25) is 4.79 Å². The summed E-state index contributed by atoms with van der Waals surface area (Å²) in [6.45, 7) is 3.10. The summed E-state index contributed by atoms with van der Waals surface area (Å²) in [6, 6.07) is 7.41. The van der Waals surface area contributed by atoms with Crippen LogP contribution < -0.4 is 15.8 Å². The number of hydrogen-bond acceptors (Lipinski definition) is 3. The molecule has 0 spiro atoms. The highest BCUT2D eigenvalue weighted by molar-refractivity contribution is 5.81. The summed E-state index contributed by atoms with van der Waals surface area (Å²) in [7, 11) is 0. The molecule has 1 aliphatic carbocycles. The minimum Gasteiger partial charge on any atom is -0.494 e. The van der Waals surface area contributed by atoms with Crippen LogP contribution in [0.25, 0.3) is 0 Å². The van der Waals surface area contributed by atoms with Crippen molar-refractivity contribution >= 4 is 5.91 Å². The molecule has 1 fully saturated rings. The molecule has 1 aromatic rings. The van der Waals surface area contributed by atoms with Gasteiger partial charge in [0.1, 0.15) is 5.75 Å². The third-order valence-electron chi connectivity index (χ3n) is 4.32. The molecule has 1 aromatic carbocycles. The van der Waals surface area contributed by atoms with E-state index in [0.717, 1.165) is 17.7 Å². The molecule has 0 radical (unpaired) electrons. The molecule has 0 bridgehead atoms. The minimum atomic E-state index is -0.391. The van der Waals surface area contributed by atoms with E-state index >= 15 is 0 Å². The van der Waals surface area contributed by atoms with Crippen molar-refractivity contribution in [1.29, 1.82) is 0 Å². The van der Waals surface area contributed by atoms with Crippen LogP contribution in [0.1, 0.15) is 51.0 Å². The van der Waals surface area contributed by atoms with Crippen LogP contribution in [0.4, 0.5) is 0 Å². The number of carbonyl (C=O) groups excluding carboxylic acids is 1. The van der Waals surface area contributed by atoms with Gasteiger partial charge in [0.05, 0.1) is 12.6 Å². The van der Waals surface area contributed by atoms with Gasteiger partial charge in [0.15, 0.2) is 0 Å². The number of benzene rings is 1. The molecule has 22 heavy (non-hydrogen) atoms. The van der Waals surface area contributed by atoms with Crippen molar-refractivity contribution in [2.45, 2.75) is 58.0 Å². The molecule has 0 heterocycles. The molecule has 4 heteroatoms. The lowest BCUT2D eigenvalue weighted by molar-refractivity contribution is -0.123. The highest BCUT2D eigenvalue weighted by atomic mass is 16.5. The maximum absolute atomic E-state index is 12.1.